The Labute approximate surface area is 116 Å². The smallest absolute Gasteiger partial charge is 0.429 e. The topological polar surface area (TPSA) is 35.5 Å². The third-order valence-corrected chi connectivity index (χ3v) is 2.55. The molecule has 0 saturated heterocycles. The second-order valence-electron chi connectivity index (χ2n) is 4.79. The van der Waals surface area contributed by atoms with Crippen molar-refractivity contribution in [1.29, 1.82) is 0 Å². The summed E-state index contributed by atoms with van der Waals surface area (Å²) in [4.78, 5) is 11.6. The molecule has 0 aromatic heterocycles. The summed E-state index contributed by atoms with van der Waals surface area (Å²) in [5, 5.41) is 0. The van der Waals surface area contributed by atoms with Gasteiger partial charge in [0.25, 0.3) is 0 Å². The zero-order chi connectivity index (χ0) is 13.8. The lowest BCUT2D eigenvalue weighted by Crippen LogP contribution is -2.25. The Hall–Kier alpha value is -1.29. The summed E-state index contributed by atoms with van der Waals surface area (Å²) >= 11 is 3.35. The van der Waals surface area contributed by atoms with Gasteiger partial charge in [-0.05, 0) is 44.5 Å². The highest BCUT2D eigenvalue weighted by molar-refractivity contribution is 9.10. The van der Waals surface area contributed by atoms with E-state index in [-0.39, 0.29) is 0 Å². The van der Waals surface area contributed by atoms with Crippen LogP contribution >= 0.6 is 15.9 Å². The molecule has 4 heteroatoms. The van der Waals surface area contributed by atoms with Gasteiger partial charge in [0.2, 0.25) is 0 Å². The van der Waals surface area contributed by atoms with Crippen LogP contribution in [0.4, 0.5) is 4.79 Å². The van der Waals surface area contributed by atoms with Gasteiger partial charge in [0, 0.05) is 4.47 Å². The van der Waals surface area contributed by atoms with E-state index in [1.807, 2.05) is 24.3 Å². The SMILES string of the molecule is C=C[C@@H](OC(=O)OC(C)(C)C)c1ccc(Br)cc1. The molecule has 0 heterocycles. The average molecular weight is 313 g/mol. The monoisotopic (exact) mass is 312 g/mol. The molecule has 0 spiro atoms. The van der Waals surface area contributed by atoms with Crippen LogP contribution in [0.2, 0.25) is 0 Å². The van der Waals surface area contributed by atoms with Crippen molar-refractivity contribution in [2.24, 2.45) is 0 Å². The van der Waals surface area contributed by atoms with Gasteiger partial charge in [-0.25, -0.2) is 4.79 Å². The Bertz CT molecular complexity index is 418. The zero-order valence-electron chi connectivity index (χ0n) is 10.8. The molecule has 1 aromatic carbocycles. The minimum Gasteiger partial charge on any atom is -0.429 e. The van der Waals surface area contributed by atoms with E-state index in [4.69, 9.17) is 9.47 Å². The molecule has 1 aromatic rings. The predicted octanol–water partition coefficient (Wildman–Crippen LogP) is 4.63. The Balaban J connectivity index is 2.71. The quantitative estimate of drug-likeness (QED) is 0.603. The maximum absolute atomic E-state index is 11.6. The van der Waals surface area contributed by atoms with Crippen LogP contribution in [0.15, 0.2) is 41.4 Å². The van der Waals surface area contributed by atoms with Crippen molar-refractivity contribution < 1.29 is 14.3 Å². The summed E-state index contributed by atoms with van der Waals surface area (Å²) in [5.74, 6) is 0. The molecule has 0 unspecified atom stereocenters. The minimum absolute atomic E-state index is 0.507. The van der Waals surface area contributed by atoms with Crippen molar-refractivity contribution in [2.45, 2.75) is 32.5 Å². The molecule has 0 bridgehead atoms. The highest BCUT2D eigenvalue weighted by Crippen LogP contribution is 2.22. The van der Waals surface area contributed by atoms with Gasteiger partial charge in [-0.3, -0.25) is 0 Å². The number of ether oxygens (including phenoxy) is 2. The molecular weight excluding hydrogens is 296 g/mol. The Morgan fingerprint density at radius 2 is 1.89 bits per heavy atom. The third kappa shape index (κ3) is 4.92. The lowest BCUT2D eigenvalue weighted by Gasteiger charge is -2.21. The summed E-state index contributed by atoms with van der Waals surface area (Å²) in [6, 6.07) is 7.48. The summed E-state index contributed by atoms with van der Waals surface area (Å²) in [6.07, 6.45) is 0.357. The molecule has 0 N–H and O–H groups in total. The molecule has 0 saturated carbocycles. The molecule has 0 radical (unpaired) electrons. The van der Waals surface area contributed by atoms with Gasteiger partial charge in [0.1, 0.15) is 11.7 Å². The number of benzene rings is 1. The first kappa shape index (κ1) is 14.8. The van der Waals surface area contributed by atoms with E-state index >= 15 is 0 Å². The maximum atomic E-state index is 11.6. The van der Waals surface area contributed by atoms with Crippen LogP contribution in [-0.2, 0) is 9.47 Å². The molecule has 98 valence electrons. The first-order chi connectivity index (χ1) is 8.31. The number of hydrogen-bond acceptors (Lipinski definition) is 3. The van der Waals surface area contributed by atoms with Crippen LogP contribution in [0.25, 0.3) is 0 Å². The first-order valence-corrected chi connectivity index (χ1v) is 6.39. The van der Waals surface area contributed by atoms with Gasteiger partial charge >= 0.3 is 6.16 Å². The van der Waals surface area contributed by atoms with Gasteiger partial charge < -0.3 is 9.47 Å². The number of carbonyl (C=O) groups excluding carboxylic acids is 1. The van der Waals surface area contributed by atoms with Crippen LogP contribution in [0.3, 0.4) is 0 Å². The van der Waals surface area contributed by atoms with Crippen LogP contribution < -0.4 is 0 Å². The molecule has 1 atom stereocenters. The maximum Gasteiger partial charge on any atom is 0.509 e. The number of halogens is 1. The van der Waals surface area contributed by atoms with E-state index in [1.54, 1.807) is 26.8 Å². The van der Waals surface area contributed by atoms with Crippen LogP contribution in [-0.4, -0.2) is 11.8 Å². The molecule has 3 nitrogen and oxygen atoms in total. The molecule has 1 rings (SSSR count). The van der Waals surface area contributed by atoms with E-state index in [0.717, 1.165) is 10.0 Å². The fourth-order valence-corrected chi connectivity index (χ4v) is 1.55. The third-order valence-electron chi connectivity index (χ3n) is 2.03. The standard InChI is InChI=1S/C14H17BrO3/c1-5-12(10-6-8-11(15)9-7-10)17-13(16)18-14(2,3)4/h5-9,12H,1H2,2-4H3/t12-/m1/s1. The average Bonchev–Trinajstić information content (AvgIpc) is 2.25. The minimum atomic E-state index is -0.699. The largest absolute Gasteiger partial charge is 0.509 e. The Morgan fingerprint density at radius 1 is 1.33 bits per heavy atom. The summed E-state index contributed by atoms with van der Waals surface area (Å²) in [6.45, 7) is 9.03. The predicted molar refractivity (Wildman–Crippen MR) is 74.4 cm³/mol. The first-order valence-electron chi connectivity index (χ1n) is 5.59. The fourth-order valence-electron chi connectivity index (χ4n) is 1.28. The van der Waals surface area contributed by atoms with Crippen molar-refractivity contribution in [1.82, 2.24) is 0 Å². The second kappa shape index (κ2) is 6.05. The van der Waals surface area contributed by atoms with E-state index in [2.05, 4.69) is 22.5 Å². The van der Waals surface area contributed by atoms with Crippen molar-refractivity contribution in [2.75, 3.05) is 0 Å². The van der Waals surface area contributed by atoms with E-state index in [0.29, 0.717) is 0 Å². The molecule has 0 aliphatic carbocycles. The lowest BCUT2D eigenvalue weighted by atomic mass is 10.1. The summed E-state index contributed by atoms with van der Waals surface area (Å²) in [7, 11) is 0. The van der Waals surface area contributed by atoms with E-state index in [9.17, 15) is 4.79 Å². The van der Waals surface area contributed by atoms with Gasteiger partial charge in [-0.2, -0.15) is 0 Å². The fraction of sp³-hybridized carbons (Fsp3) is 0.357. The lowest BCUT2D eigenvalue weighted by molar-refractivity contribution is -0.0188. The van der Waals surface area contributed by atoms with E-state index in [1.165, 1.54) is 0 Å². The Kier molecular flexibility index (Phi) is 4.96. The van der Waals surface area contributed by atoms with Crippen molar-refractivity contribution in [3.05, 3.63) is 47.0 Å². The molecule has 0 fully saturated rings. The van der Waals surface area contributed by atoms with Gasteiger partial charge in [-0.15, -0.1) is 0 Å². The van der Waals surface area contributed by atoms with E-state index < -0.39 is 17.9 Å². The van der Waals surface area contributed by atoms with Crippen molar-refractivity contribution in [3.8, 4) is 0 Å². The molecule has 0 aliphatic rings. The van der Waals surface area contributed by atoms with Crippen LogP contribution in [0.1, 0.15) is 32.4 Å². The number of carbonyl (C=O) groups is 1. The normalized spacial score (nSPS) is 12.7. The number of hydrogen-bond donors (Lipinski definition) is 0. The highest BCUT2D eigenvalue weighted by Gasteiger charge is 2.20. The van der Waals surface area contributed by atoms with Crippen LogP contribution in [0.5, 0.6) is 0 Å². The molecular formula is C14H17BrO3. The molecule has 18 heavy (non-hydrogen) atoms. The zero-order valence-corrected chi connectivity index (χ0v) is 12.4. The van der Waals surface area contributed by atoms with Crippen LogP contribution in [0, 0.1) is 0 Å². The van der Waals surface area contributed by atoms with Gasteiger partial charge in [0.05, 0.1) is 0 Å². The second-order valence-corrected chi connectivity index (χ2v) is 5.71. The van der Waals surface area contributed by atoms with Crippen molar-refractivity contribution in [3.63, 3.8) is 0 Å². The molecule has 0 aliphatic heterocycles. The molecule has 0 amide bonds. The van der Waals surface area contributed by atoms with Gasteiger partial charge in [0.15, 0.2) is 0 Å². The number of rotatable bonds is 3. The highest BCUT2D eigenvalue weighted by atomic mass is 79.9. The summed E-state index contributed by atoms with van der Waals surface area (Å²) < 4.78 is 11.3. The van der Waals surface area contributed by atoms with Gasteiger partial charge in [-0.1, -0.05) is 34.6 Å². The Morgan fingerprint density at radius 3 is 2.33 bits per heavy atom. The summed E-state index contributed by atoms with van der Waals surface area (Å²) in [5.41, 5.74) is 0.279. The van der Waals surface area contributed by atoms with Crippen molar-refractivity contribution >= 4 is 22.1 Å².